The minimum Gasteiger partial charge on any atom is -0.504 e. The van der Waals surface area contributed by atoms with E-state index in [1.54, 1.807) is 24.4 Å². The number of benzene rings is 1. The molecule has 0 aromatic heterocycles. The number of ether oxygens (including phenoxy) is 1. The molecule has 1 aromatic carbocycles. The summed E-state index contributed by atoms with van der Waals surface area (Å²) in [5.74, 6) is 2.20. The number of hydrogen-bond acceptors (Lipinski definition) is 4. The molecule has 3 N–H and O–H groups in total. The summed E-state index contributed by atoms with van der Waals surface area (Å²) in [6, 6.07) is 5.55. The average molecular weight is 319 g/mol. The summed E-state index contributed by atoms with van der Waals surface area (Å²) in [5.41, 5.74) is 3.68. The fourth-order valence-corrected chi connectivity index (χ4v) is 3.77. The van der Waals surface area contributed by atoms with E-state index in [-0.39, 0.29) is 5.75 Å². The van der Waals surface area contributed by atoms with Crippen LogP contribution in [-0.4, -0.2) is 29.6 Å². The molecule has 0 amide bonds. The zero-order valence-corrected chi connectivity index (χ0v) is 13.4. The maximum atomic E-state index is 9.54. The van der Waals surface area contributed by atoms with E-state index in [0.29, 0.717) is 16.9 Å². The van der Waals surface area contributed by atoms with Crippen LogP contribution in [0.15, 0.2) is 23.3 Å². The molecule has 2 aliphatic rings. The molecule has 6 heteroatoms. The van der Waals surface area contributed by atoms with Crippen molar-refractivity contribution in [1.29, 1.82) is 0 Å². The van der Waals surface area contributed by atoms with Crippen LogP contribution in [0.3, 0.4) is 0 Å². The Morgan fingerprint density at radius 1 is 1.41 bits per heavy atom. The Hall–Kier alpha value is -1.82. The van der Waals surface area contributed by atoms with Crippen molar-refractivity contribution in [3.05, 3.63) is 23.8 Å². The number of rotatable bonds is 4. The monoisotopic (exact) mass is 319 g/mol. The van der Waals surface area contributed by atoms with Gasteiger partial charge in [-0.05, 0) is 67.1 Å². The Morgan fingerprint density at radius 3 is 2.95 bits per heavy atom. The zero-order valence-electron chi connectivity index (χ0n) is 12.6. The fourth-order valence-electron chi connectivity index (χ4n) is 3.56. The van der Waals surface area contributed by atoms with Crippen LogP contribution in [-0.2, 0) is 0 Å². The van der Waals surface area contributed by atoms with Gasteiger partial charge in [-0.3, -0.25) is 5.43 Å². The van der Waals surface area contributed by atoms with Gasteiger partial charge in [0.05, 0.1) is 13.3 Å². The summed E-state index contributed by atoms with van der Waals surface area (Å²) in [6.45, 7) is 0. The van der Waals surface area contributed by atoms with Gasteiger partial charge in [-0.1, -0.05) is 6.42 Å². The molecular formula is C16H21N3O2S. The number of fused-ring (bicyclic) bond motifs is 2. The Kier molecular flexibility index (Phi) is 4.47. The quantitative estimate of drug-likeness (QED) is 0.452. The molecule has 0 heterocycles. The summed E-state index contributed by atoms with van der Waals surface area (Å²) in [4.78, 5) is 0. The predicted molar refractivity (Wildman–Crippen MR) is 90.4 cm³/mol. The molecule has 3 rings (SSSR count). The predicted octanol–water partition coefficient (Wildman–Crippen LogP) is 2.39. The van der Waals surface area contributed by atoms with Crippen LogP contribution in [0.5, 0.6) is 11.5 Å². The molecule has 2 bridgehead atoms. The SMILES string of the molecule is COc1cc(/C=N\NC(=S)N[C@@H]2C[C@@H]3CC[C@@H]2C3)ccc1O. The van der Waals surface area contributed by atoms with E-state index < -0.39 is 0 Å². The third kappa shape index (κ3) is 3.32. The van der Waals surface area contributed by atoms with Crippen LogP contribution >= 0.6 is 12.2 Å². The molecule has 22 heavy (non-hydrogen) atoms. The number of hydrazone groups is 1. The standard InChI is InChI=1S/C16H21N3O2S/c1-21-15-8-11(3-5-14(15)20)9-17-19-16(22)18-13-7-10-2-4-12(13)6-10/h3,5,8-10,12-13,20H,2,4,6-7H2,1H3,(H2,18,19,22)/b17-9-/t10-,12-,13-/m1/s1. The van der Waals surface area contributed by atoms with Crippen LogP contribution in [0.2, 0.25) is 0 Å². The number of nitrogens with zero attached hydrogens (tertiary/aromatic N) is 1. The van der Waals surface area contributed by atoms with Crippen molar-refractivity contribution in [2.75, 3.05) is 7.11 Å². The Morgan fingerprint density at radius 2 is 2.27 bits per heavy atom. The second-order valence-corrected chi connectivity index (χ2v) is 6.46. The normalized spacial score (nSPS) is 26.3. The molecule has 3 atom stereocenters. The molecule has 2 fully saturated rings. The van der Waals surface area contributed by atoms with Crippen molar-refractivity contribution < 1.29 is 9.84 Å². The third-order valence-corrected chi connectivity index (χ3v) is 4.85. The van der Waals surface area contributed by atoms with E-state index in [1.165, 1.54) is 32.8 Å². The maximum absolute atomic E-state index is 9.54. The van der Waals surface area contributed by atoms with Gasteiger partial charge in [-0.2, -0.15) is 5.10 Å². The second kappa shape index (κ2) is 6.52. The first kappa shape index (κ1) is 15.1. The third-order valence-electron chi connectivity index (χ3n) is 4.64. The topological polar surface area (TPSA) is 65.9 Å². The van der Waals surface area contributed by atoms with E-state index in [9.17, 15) is 5.11 Å². The summed E-state index contributed by atoms with van der Waals surface area (Å²) in [6.07, 6.45) is 6.92. The Labute approximate surface area is 135 Å². The lowest BCUT2D eigenvalue weighted by molar-refractivity contribution is 0.373. The van der Waals surface area contributed by atoms with Gasteiger partial charge in [-0.15, -0.1) is 0 Å². The number of phenols is 1. The molecule has 1 aromatic rings. The highest BCUT2D eigenvalue weighted by atomic mass is 32.1. The van der Waals surface area contributed by atoms with E-state index in [2.05, 4.69) is 15.8 Å². The smallest absolute Gasteiger partial charge is 0.187 e. The number of thiocarbonyl (C=S) groups is 1. The van der Waals surface area contributed by atoms with Gasteiger partial charge in [0, 0.05) is 6.04 Å². The first-order valence-electron chi connectivity index (χ1n) is 7.62. The van der Waals surface area contributed by atoms with E-state index >= 15 is 0 Å². The minimum absolute atomic E-state index is 0.112. The molecule has 0 unspecified atom stereocenters. The van der Waals surface area contributed by atoms with Gasteiger partial charge in [0.15, 0.2) is 16.6 Å². The highest BCUT2D eigenvalue weighted by Gasteiger charge is 2.39. The van der Waals surface area contributed by atoms with Crippen molar-refractivity contribution in [3.63, 3.8) is 0 Å². The largest absolute Gasteiger partial charge is 0.504 e. The second-order valence-electron chi connectivity index (χ2n) is 6.06. The van der Waals surface area contributed by atoms with Gasteiger partial charge >= 0.3 is 0 Å². The molecule has 118 valence electrons. The molecule has 0 saturated heterocycles. The van der Waals surface area contributed by atoms with Gasteiger partial charge < -0.3 is 15.2 Å². The van der Waals surface area contributed by atoms with Crippen LogP contribution in [0, 0.1) is 11.8 Å². The molecular weight excluding hydrogens is 298 g/mol. The van der Waals surface area contributed by atoms with Crippen molar-refractivity contribution in [2.24, 2.45) is 16.9 Å². The van der Waals surface area contributed by atoms with Gasteiger partial charge in [0.1, 0.15) is 0 Å². The number of phenolic OH excluding ortho intramolecular Hbond substituents is 1. The van der Waals surface area contributed by atoms with Crippen LogP contribution < -0.4 is 15.5 Å². The fraction of sp³-hybridized carbons (Fsp3) is 0.500. The Bertz CT molecular complexity index is 591. The lowest BCUT2D eigenvalue weighted by Crippen LogP contribution is -2.42. The number of nitrogens with one attached hydrogen (secondary N) is 2. The zero-order chi connectivity index (χ0) is 15.5. The van der Waals surface area contributed by atoms with Crippen molar-refractivity contribution in [2.45, 2.75) is 31.7 Å². The molecule has 0 radical (unpaired) electrons. The van der Waals surface area contributed by atoms with E-state index in [0.717, 1.165) is 17.4 Å². The molecule has 0 aliphatic heterocycles. The van der Waals surface area contributed by atoms with Gasteiger partial charge in [0.25, 0.3) is 0 Å². The lowest BCUT2D eigenvalue weighted by atomic mass is 9.96. The highest BCUT2D eigenvalue weighted by molar-refractivity contribution is 7.80. The van der Waals surface area contributed by atoms with Crippen molar-refractivity contribution in [3.8, 4) is 11.5 Å². The Balaban J connectivity index is 1.50. The summed E-state index contributed by atoms with van der Waals surface area (Å²) < 4.78 is 5.06. The first-order valence-corrected chi connectivity index (χ1v) is 8.03. The first-order chi connectivity index (χ1) is 10.7. The van der Waals surface area contributed by atoms with Gasteiger partial charge in [0.2, 0.25) is 0 Å². The molecule has 0 spiro atoms. The number of methoxy groups -OCH3 is 1. The van der Waals surface area contributed by atoms with Crippen LogP contribution in [0.25, 0.3) is 0 Å². The summed E-state index contributed by atoms with van der Waals surface area (Å²) in [7, 11) is 1.52. The van der Waals surface area contributed by atoms with E-state index in [4.69, 9.17) is 17.0 Å². The van der Waals surface area contributed by atoms with Crippen molar-refractivity contribution >= 4 is 23.5 Å². The van der Waals surface area contributed by atoms with Crippen molar-refractivity contribution in [1.82, 2.24) is 10.7 Å². The average Bonchev–Trinajstić information content (AvgIpc) is 3.11. The maximum Gasteiger partial charge on any atom is 0.187 e. The highest BCUT2D eigenvalue weighted by Crippen LogP contribution is 2.44. The minimum atomic E-state index is 0.112. The van der Waals surface area contributed by atoms with Gasteiger partial charge in [-0.25, -0.2) is 0 Å². The molecule has 2 saturated carbocycles. The number of aromatic hydroxyl groups is 1. The molecule has 5 nitrogen and oxygen atoms in total. The summed E-state index contributed by atoms with van der Waals surface area (Å²) in [5, 5.41) is 17.6. The summed E-state index contributed by atoms with van der Waals surface area (Å²) >= 11 is 5.29. The number of hydrogen-bond donors (Lipinski definition) is 3. The van der Waals surface area contributed by atoms with Crippen LogP contribution in [0.1, 0.15) is 31.2 Å². The lowest BCUT2D eigenvalue weighted by Gasteiger charge is -2.23. The van der Waals surface area contributed by atoms with E-state index in [1.807, 2.05) is 0 Å². The molecule has 2 aliphatic carbocycles. The van der Waals surface area contributed by atoms with Crippen LogP contribution in [0.4, 0.5) is 0 Å².